The van der Waals surface area contributed by atoms with Gasteiger partial charge in [-0.1, -0.05) is 143 Å². The Kier molecular flexibility index (Phi) is 31.0. The molecule has 0 heterocycles. The van der Waals surface area contributed by atoms with Crippen LogP contribution in [0.25, 0.3) is 0 Å². The molecule has 1 atom stereocenters. The lowest BCUT2D eigenvalue weighted by Gasteiger charge is -2.07. The first kappa shape index (κ1) is 32.6. The van der Waals surface area contributed by atoms with E-state index in [-0.39, 0.29) is 0 Å². The molecule has 0 amide bonds. The van der Waals surface area contributed by atoms with Crippen molar-refractivity contribution in [2.24, 2.45) is 5.92 Å². The third kappa shape index (κ3) is 34.2. The minimum absolute atomic E-state index is 0.343. The summed E-state index contributed by atoms with van der Waals surface area (Å²) in [7, 11) is 0. The fourth-order valence-electron chi connectivity index (χ4n) is 3.81. The number of aliphatic hydroxyl groups is 1. The van der Waals surface area contributed by atoms with E-state index in [4.69, 9.17) is 10.2 Å². The molecule has 0 aromatic rings. The fraction of sp³-hybridized carbons (Fsp3) is 0.964. The standard InChI is InChI=1S/C16H34O.C12H24O2/c1-3-16(2)14-12-10-8-6-4-5-7-9-11-13-15-17;1-2-3-4-5-6-7-8-9-10-11-12(13)14/h16-17H,3-15H2,1-2H3;2-11H2,1H3,(H,13,14). The van der Waals surface area contributed by atoms with Gasteiger partial charge in [-0.2, -0.15) is 0 Å². The average molecular weight is 443 g/mol. The van der Waals surface area contributed by atoms with Crippen LogP contribution >= 0.6 is 0 Å². The molecule has 2 N–H and O–H groups in total. The summed E-state index contributed by atoms with van der Waals surface area (Å²) < 4.78 is 0. The van der Waals surface area contributed by atoms with Crippen molar-refractivity contribution in [3.63, 3.8) is 0 Å². The number of aliphatic carboxylic acids is 1. The van der Waals surface area contributed by atoms with Crippen LogP contribution in [0.15, 0.2) is 0 Å². The zero-order valence-corrected chi connectivity index (χ0v) is 21.6. The van der Waals surface area contributed by atoms with Crippen LogP contribution in [-0.2, 0) is 4.79 Å². The Hall–Kier alpha value is -0.570. The normalized spacial score (nSPS) is 11.7. The van der Waals surface area contributed by atoms with Gasteiger partial charge in [-0.15, -0.1) is 0 Å². The van der Waals surface area contributed by atoms with E-state index in [1.165, 1.54) is 116 Å². The van der Waals surface area contributed by atoms with Crippen molar-refractivity contribution in [2.45, 2.75) is 162 Å². The lowest BCUT2D eigenvalue weighted by atomic mass is 9.99. The number of aliphatic hydroxyl groups excluding tert-OH is 1. The summed E-state index contributed by atoms with van der Waals surface area (Å²) in [6.45, 7) is 7.26. The van der Waals surface area contributed by atoms with Crippen molar-refractivity contribution in [1.82, 2.24) is 0 Å². The molecule has 0 aliphatic heterocycles. The highest BCUT2D eigenvalue weighted by Crippen LogP contribution is 2.15. The van der Waals surface area contributed by atoms with Crippen LogP contribution in [-0.4, -0.2) is 22.8 Å². The van der Waals surface area contributed by atoms with Crippen LogP contribution in [0.1, 0.15) is 162 Å². The Morgan fingerprint density at radius 3 is 1.39 bits per heavy atom. The van der Waals surface area contributed by atoms with Gasteiger partial charge in [-0.05, 0) is 18.8 Å². The Bertz CT molecular complexity index is 330. The van der Waals surface area contributed by atoms with Crippen LogP contribution in [0, 0.1) is 5.92 Å². The molecule has 3 heteroatoms. The van der Waals surface area contributed by atoms with E-state index < -0.39 is 5.97 Å². The van der Waals surface area contributed by atoms with Gasteiger partial charge >= 0.3 is 5.97 Å². The molecule has 0 fully saturated rings. The second-order valence-corrected chi connectivity index (χ2v) is 9.53. The number of hydrogen-bond acceptors (Lipinski definition) is 2. The molecule has 0 aromatic heterocycles. The molecule has 31 heavy (non-hydrogen) atoms. The summed E-state index contributed by atoms with van der Waals surface area (Å²) in [6, 6.07) is 0. The van der Waals surface area contributed by atoms with Gasteiger partial charge in [0.2, 0.25) is 0 Å². The molecule has 0 aliphatic carbocycles. The van der Waals surface area contributed by atoms with Gasteiger partial charge < -0.3 is 10.2 Å². The Morgan fingerprint density at radius 2 is 1.00 bits per heavy atom. The van der Waals surface area contributed by atoms with E-state index in [9.17, 15) is 4.79 Å². The zero-order chi connectivity index (χ0) is 23.4. The highest BCUT2D eigenvalue weighted by molar-refractivity contribution is 5.66. The molecule has 0 aromatic carbocycles. The maximum Gasteiger partial charge on any atom is 0.303 e. The van der Waals surface area contributed by atoms with Crippen LogP contribution in [0.5, 0.6) is 0 Å². The van der Waals surface area contributed by atoms with Crippen molar-refractivity contribution < 1.29 is 15.0 Å². The molecular weight excluding hydrogens is 384 g/mol. The summed E-state index contributed by atoms with van der Waals surface area (Å²) >= 11 is 0. The number of unbranched alkanes of at least 4 members (excludes halogenated alkanes) is 17. The molecule has 1 unspecified atom stereocenters. The fourth-order valence-corrected chi connectivity index (χ4v) is 3.81. The van der Waals surface area contributed by atoms with Crippen LogP contribution in [0.3, 0.4) is 0 Å². The second kappa shape index (κ2) is 29.4. The van der Waals surface area contributed by atoms with Gasteiger partial charge in [0, 0.05) is 13.0 Å². The smallest absolute Gasteiger partial charge is 0.303 e. The molecule has 0 saturated heterocycles. The molecule has 0 saturated carbocycles. The molecule has 0 bridgehead atoms. The summed E-state index contributed by atoms with van der Waals surface area (Å²) in [6.07, 6.45) is 27.7. The number of carboxylic acid groups (broad SMARTS) is 1. The van der Waals surface area contributed by atoms with Crippen molar-refractivity contribution in [2.75, 3.05) is 6.61 Å². The summed E-state index contributed by atoms with van der Waals surface area (Å²) in [5.74, 6) is 0.273. The van der Waals surface area contributed by atoms with Crippen molar-refractivity contribution in [3.05, 3.63) is 0 Å². The topological polar surface area (TPSA) is 57.5 Å². The van der Waals surface area contributed by atoms with E-state index in [0.717, 1.165) is 25.2 Å². The van der Waals surface area contributed by atoms with Crippen LogP contribution in [0.4, 0.5) is 0 Å². The monoisotopic (exact) mass is 442 g/mol. The molecule has 188 valence electrons. The van der Waals surface area contributed by atoms with Gasteiger partial charge in [0.05, 0.1) is 0 Å². The first-order valence-corrected chi connectivity index (χ1v) is 13.9. The minimum Gasteiger partial charge on any atom is -0.481 e. The first-order valence-electron chi connectivity index (χ1n) is 13.9. The van der Waals surface area contributed by atoms with Crippen molar-refractivity contribution in [3.8, 4) is 0 Å². The number of hydrogen-bond donors (Lipinski definition) is 2. The zero-order valence-electron chi connectivity index (χ0n) is 21.6. The Morgan fingerprint density at radius 1 is 0.613 bits per heavy atom. The number of rotatable bonds is 23. The Balaban J connectivity index is 0. The van der Waals surface area contributed by atoms with Gasteiger partial charge in [0.15, 0.2) is 0 Å². The molecule has 0 spiro atoms. The predicted octanol–water partition coefficient (Wildman–Crippen LogP) is 9.31. The molecule has 0 rings (SSSR count). The maximum absolute atomic E-state index is 10.2. The van der Waals surface area contributed by atoms with Crippen molar-refractivity contribution in [1.29, 1.82) is 0 Å². The number of carbonyl (C=O) groups is 1. The lowest BCUT2D eigenvalue weighted by molar-refractivity contribution is -0.137. The Labute approximate surface area is 195 Å². The average Bonchev–Trinajstić information content (AvgIpc) is 2.76. The van der Waals surface area contributed by atoms with Gasteiger partial charge in [0.25, 0.3) is 0 Å². The summed E-state index contributed by atoms with van der Waals surface area (Å²) in [5, 5.41) is 17.1. The van der Waals surface area contributed by atoms with E-state index in [0.29, 0.717) is 13.0 Å². The van der Waals surface area contributed by atoms with Gasteiger partial charge in [-0.3, -0.25) is 4.79 Å². The maximum atomic E-state index is 10.2. The molecule has 0 aliphatic rings. The lowest BCUT2D eigenvalue weighted by Crippen LogP contribution is -1.93. The third-order valence-corrected chi connectivity index (χ3v) is 6.30. The largest absolute Gasteiger partial charge is 0.481 e. The molecule has 0 radical (unpaired) electrons. The summed E-state index contributed by atoms with van der Waals surface area (Å²) in [5.41, 5.74) is 0. The molecular formula is C28H58O3. The SMILES string of the molecule is CCC(C)CCCCCCCCCCCCO.CCCCCCCCCCCC(=O)O. The highest BCUT2D eigenvalue weighted by Gasteiger charge is 1.98. The third-order valence-electron chi connectivity index (χ3n) is 6.30. The van der Waals surface area contributed by atoms with Crippen LogP contribution < -0.4 is 0 Å². The first-order chi connectivity index (χ1) is 15.1. The van der Waals surface area contributed by atoms with Gasteiger partial charge in [0.1, 0.15) is 0 Å². The quantitative estimate of drug-likeness (QED) is 0.155. The number of carboxylic acids is 1. The molecule has 3 nitrogen and oxygen atoms in total. The van der Waals surface area contributed by atoms with E-state index in [1.807, 2.05) is 0 Å². The van der Waals surface area contributed by atoms with Crippen LogP contribution in [0.2, 0.25) is 0 Å². The summed E-state index contributed by atoms with van der Waals surface area (Å²) in [4.78, 5) is 10.2. The van der Waals surface area contributed by atoms with E-state index in [2.05, 4.69) is 20.8 Å². The van der Waals surface area contributed by atoms with E-state index in [1.54, 1.807) is 0 Å². The van der Waals surface area contributed by atoms with Crippen molar-refractivity contribution >= 4 is 5.97 Å². The predicted molar refractivity (Wildman–Crippen MR) is 137 cm³/mol. The minimum atomic E-state index is -0.659. The second-order valence-electron chi connectivity index (χ2n) is 9.53. The highest BCUT2D eigenvalue weighted by atomic mass is 16.4. The van der Waals surface area contributed by atoms with Gasteiger partial charge in [-0.25, -0.2) is 0 Å². The van der Waals surface area contributed by atoms with E-state index >= 15 is 0 Å².